The molecule has 2 aromatic rings. The van der Waals surface area contributed by atoms with Gasteiger partial charge in [-0.2, -0.15) is 12.8 Å². The van der Waals surface area contributed by atoms with Gasteiger partial charge >= 0.3 is 20.4 Å². The Balaban J connectivity index is 0.00000599. The quantitative estimate of drug-likeness (QED) is 0.0207. The zero-order chi connectivity index (χ0) is 72.3. The van der Waals surface area contributed by atoms with Gasteiger partial charge in [-0.15, -0.1) is 0 Å². The molecule has 582 valence electrons. The SMILES string of the molecule is CCCCCCCCCCCCCCCCCCCCCCCCCCC#Cc1cc(C#CCCCCCCCCCCCCCCCCCCCCCCCCCC)cc(C2=C(CCCC)C=C(c3cc(CCCC)cc(CCCC)c3)[N+]2=[N-])c1.[CH2-]CCCCCC.[CH2-]CCCCCC.[Pd+2]. The van der Waals surface area contributed by atoms with Crippen molar-refractivity contribution in [1.29, 1.82) is 0 Å². The van der Waals surface area contributed by atoms with Gasteiger partial charge in [-0.1, -0.05) is 444 Å². The molecule has 1 aliphatic heterocycles. The average Bonchev–Trinajstić information content (AvgIpc) is 1.64. The van der Waals surface area contributed by atoms with Gasteiger partial charge in [0.25, 0.3) is 0 Å². The number of aryl methyl sites for hydroxylation is 2. The minimum absolute atomic E-state index is 0. The van der Waals surface area contributed by atoms with Gasteiger partial charge in [0.2, 0.25) is 11.4 Å². The molecule has 0 aliphatic carbocycles. The molecule has 0 spiro atoms. The van der Waals surface area contributed by atoms with Crippen molar-refractivity contribution in [2.75, 3.05) is 0 Å². The van der Waals surface area contributed by atoms with Crippen molar-refractivity contribution >= 4 is 11.4 Å². The van der Waals surface area contributed by atoms with E-state index < -0.39 is 0 Å². The molecule has 2 nitrogen and oxygen atoms in total. The van der Waals surface area contributed by atoms with Crippen molar-refractivity contribution < 1.29 is 25.1 Å². The molecule has 0 radical (unpaired) electrons. The molecular weight excluding hydrogens is 1310 g/mol. The standard InChI is InChI=1S/C84H140N2.2C7H15.Pd/c1-6-11-16-18-20-22-24-26-28-30-32-34-36-38-40-42-44-46-48-50-52-54-56-58-60-62-66-78-70-79(67-63-61-59-57-55-53-51-49-47-45-43-41-39-37-35-33-31-29-27-25-23-21-19-17-12-7-2)74-82(73-78)84-80(68-15-10-5)75-83(86(84)85)81-71-76(64-13-8-3)69-77(72-81)65-14-9-4;2*1-3-5-7-6-4-2;/h69-75H,6-61,64-65,68H2,1-5H3;2*1,3-7H2,2H3;/q;2*-1;+2. The van der Waals surface area contributed by atoms with E-state index in [1.165, 1.54) is 407 Å². The zero-order valence-corrected chi connectivity index (χ0v) is 70.5. The Labute approximate surface area is 648 Å². The molecule has 0 N–H and O–H groups in total. The third kappa shape index (κ3) is 60.1. The molecule has 0 saturated heterocycles. The maximum absolute atomic E-state index is 12.3. The summed E-state index contributed by atoms with van der Waals surface area (Å²) < 4.78 is 1.51. The molecule has 101 heavy (non-hydrogen) atoms. The molecular formula is C98H170N2Pd. The number of unbranched alkanes of at least 4 members (excludes halogenated alkanes) is 59. The van der Waals surface area contributed by atoms with E-state index in [4.69, 9.17) is 0 Å². The van der Waals surface area contributed by atoms with Gasteiger partial charge in [0.1, 0.15) is 0 Å². The Kier molecular flexibility index (Phi) is 76.3. The fourth-order valence-electron chi connectivity index (χ4n) is 14.4. The fraction of sp³-hybridized carbons (Fsp3) is 0.776. The van der Waals surface area contributed by atoms with Gasteiger partial charge in [-0.05, 0) is 92.8 Å². The number of hydrogen-bond donors (Lipinski definition) is 0. The van der Waals surface area contributed by atoms with E-state index in [9.17, 15) is 5.53 Å². The summed E-state index contributed by atoms with van der Waals surface area (Å²) in [6.07, 6.45) is 95.2. The van der Waals surface area contributed by atoms with Crippen LogP contribution < -0.4 is 0 Å². The van der Waals surface area contributed by atoms with Crippen molar-refractivity contribution in [3.8, 4) is 23.7 Å². The number of nitrogens with zero attached hydrogens (tertiary/aromatic N) is 2. The average molecular weight is 1480 g/mol. The van der Waals surface area contributed by atoms with Crippen LogP contribution >= 0.6 is 0 Å². The minimum Gasteiger partial charge on any atom is -0.493 e. The topological polar surface area (TPSA) is 25.3 Å². The molecule has 3 rings (SSSR count). The van der Waals surface area contributed by atoms with Crippen LogP contribution in [0.15, 0.2) is 48.0 Å². The number of rotatable bonds is 67. The van der Waals surface area contributed by atoms with Crippen LogP contribution in [0.5, 0.6) is 0 Å². The predicted molar refractivity (Wildman–Crippen MR) is 452 cm³/mol. The van der Waals surface area contributed by atoms with Crippen LogP contribution in [0.3, 0.4) is 0 Å². The molecule has 0 amide bonds. The van der Waals surface area contributed by atoms with Crippen LogP contribution in [0.25, 0.3) is 16.9 Å². The predicted octanol–water partition coefficient (Wildman–Crippen LogP) is 34.2. The second kappa shape index (κ2) is 78.4. The minimum atomic E-state index is 0. The first-order valence-corrected chi connectivity index (χ1v) is 45.2. The van der Waals surface area contributed by atoms with Crippen molar-refractivity contribution in [3.05, 3.63) is 101 Å². The van der Waals surface area contributed by atoms with Gasteiger partial charge in [0.05, 0.1) is 0 Å². The third-order valence-corrected chi connectivity index (χ3v) is 21.0. The van der Waals surface area contributed by atoms with E-state index in [0.29, 0.717) is 0 Å². The summed E-state index contributed by atoms with van der Waals surface area (Å²) in [4.78, 5) is 0. The van der Waals surface area contributed by atoms with Crippen LogP contribution in [-0.2, 0) is 33.3 Å². The van der Waals surface area contributed by atoms with Crippen LogP contribution in [0.4, 0.5) is 0 Å². The zero-order valence-electron chi connectivity index (χ0n) is 69.0. The van der Waals surface area contributed by atoms with E-state index in [1.807, 2.05) is 0 Å². The number of benzene rings is 2. The van der Waals surface area contributed by atoms with Gasteiger partial charge < -0.3 is 19.4 Å². The Morgan fingerprint density at radius 1 is 0.277 bits per heavy atom. The van der Waals surface area contributed by atoms with Crippen molar-refractivity contribution in [1.82, 2.24) is 0 Å². The Morgan fingerprint density at radius 2 is 0.525 bits per heavy atom. The van der Waals surface area contributed by atoms with Gasteiger partial charge in [0, 0.05) is 46.7 Å². The molecule has 0 bridgehead atoms. The van der Waals surface area contributed by atoms with Gasteiger partial charge in [-0.25, -0.2) is 4.70 Å². The van der Waals surface area contributed by atoms with E-state index in [2.05, 4.69) is 128 Å². The van der Waals surface area contributed by atoms with Crippen molar-refractivity contribution in [2.24, 2.45) is 0 Å². The van der Waals surface area contributed by atoms with Crippen LogP contribution in [0.2, 0.25) is 0 Å². The van der Waals surface area contributed by atoms with E-state index in [1.54, 1.807) is 0 Å². The van der Waals surface area contributed by atoms with Crippen LogP contribution in [-0.4, -0.2) is 4.70 Å². The van der Waals surface area contributed by atoms with Gasteiger partial charge in [0.15, 0.2) is 0 Å². The molecule has 1 heterocycles. The number of allylic oxidation sites excluding steroid dienone is 2. The Morgan fingerprint density at radius 3 is 0.792 bits per heavy atom. The monoisotopic (exact) mass is 1480 g/mol. The summed E-state index contributed by atoms with van der Waals surface area (Å²) in [5.41, 5.74) is 22.3. The maximum Gasteiger partial charge on any atom is 2.00 e. The summed E-state index contributed by atoms with van der Waals surface area (Å²) >= 11 is 0. The summed E-state index contributed by atoms with van der Waals surface area (Å²) in [6, 6.07) is 13.8. The first-order valence-electron chi connectivity index (χ1n) is 45.2. The number of hydrogen-bond acceptors (Lipinski definition) is 0. The Hall–Kier alpha value is -2.70. The van der Waals surface area contributed by atoms with Crippen LogP contribution in [0, 0.1) is 37.5 Å². The first kappa shape index (κ1) is 98.3. The molecule has 1 aliphatic rings. The second-order valence-corrected chi connectivity index (χ2v) is 31.1. The first-order chi connectivity index (χ1) is 49.4. The van der Waals surface area contributed by atoms with E-state index in [0.717, 1.165) is 91.4 Å². The molecule has 0 fully saturated rings. The van der Waals surface area contributed by atoms with Gasteiger partial charge in [-0.3, -0.25) is 0 Å². The molecule has 2 aromatic carbocycles. The smallest absolute Gasteiger partial charge is 0.493 e. The third-order valence-electron chi connectivity index (χ3n) is 21.0. The molecule has 0 atom stereocenters. The molecule has 0 saturated carbocycles. The molecule has 0 unspecified atom stereocenters. The van der Waals surface area contributed by atoms with Crippen LogP contribution in [0.1, 0.15) is 512 Å². The Bertz CT molecular complexity index is 2180. The second-order valence-electron chi connectivity index (χ2n) is 31.1. The summed E-state index contributed by atoms with van der Waals surface area (Å²) in [5.74, 6) is 14.4. The maximum atomic E-state index is 12.3. The van der Waals surface area contributed by atoms with E-state index >= 15 is 0 Å². The van der Waals surface area contributed by atoms with E-state index in [-0.39, 0.29) is 20.4 Å². The van der Waals surface area contributed by atoms with Crippen molar-refractivity contribution in [3.63, 3.8) is 0 Å². The molecule has 0 aromatic heterocycles. The molecule has 3 heteroatoms. The summed E-state index contributed by atoms with van der Waals surface area (Å²) in [6.45, 7) is 23.4. The largest absolute Gasteiger partial charge is 2.00 e. The fourth-order valence-corrected chi connectivity index (χ4v) is 14.4. The van der Waals surface area contributed by atoms with Crippen molar-refractivity contribution in [2.45, 2.75) is 492 Å². The normalized spacial score (nSPS) is 11.8. The summed E-state index contributed by atoms with van der Waals surface area (Å²) in [7, 11) is 0. The summed E-state index contributed by atoms with van der Waals surface area (Å²) in [5, 5.41) is 0.